The number of benzene rings is 2. The predicted molar refractivity (Wildman–Crippen MR) is 130 cm³/mol. The molecule has 1 amide bonds. The number of rotatable bonds is 9. The summed E-state index contributed by atoms with van der Waals surface area (Å²) < 4.78 is 0. The number of ketones is 1. The van der Waals surface area contributed by atoms with Crippen molar-refractivity contribution >= 4 is 47.1 Å². The van der Waals surface area contributed by atoms with Crippen molar-refractivity contribution < 1.29 is 9.59 Å². The first-order valence-electron chi connectivity index (χ1n) is 9.78. The van der Waals surface area contributed by atoms with Crippen molar-refractivity contribution in [2.45, 2.75) is 32.6 Å². The van der Waals surface area contributed by atoms with Gasteiger partial charge in [0.25, 0.3) is 5.91 Å². The van der Waals surface area contributed by atoms with Crippen LogP contribution < -0.4 is 10.6 Å². The lowest BCUT2D eigenvalue weighted by Crippen LogP contribution is -2.34. The van der Waals surface area contributed by atoms with Crippen molar-refractivity contribution in [1.82, 2.24) is 10.2 Å². The van der Waals surface area contributed by atoms with Crippen LogP contribution in [-0.4, -0.2) is 42.3 Å². The van der Waals surface area contributed by atoms with Crippen LogP contribution in [0.5, 0.6) is 0 Å². The number of thiocarbonyl (C=S) groups is 1. The van der Waals surface area contributed by atoms with E-state index in [0.29, 0.717) is 18.4 Å². The molecule has 0 unspecified atom stereocenters. The van der Waals surface area contributed by atoms with Gasteiger partial charge < -0.3 is 10.2 Å². The largest absolute Gasteiger partial charge is 0.332 e. The maximum atomic E-state index is 12.2. The number of carbonyl (C=O) groups excluding carboxylic acids is 2. The maximum absolute atomic E-state index is 12.2. The number of halogens is 1. The van der Waals surface area contributed by atoms with Crippen LogP contribution in [0.3, 0.4) is 0 Å². The molecule has 0 atom stereocenters. The van der Waals surface area contributed by atoms with E-state index in [1.54, 1.807) is 6.07 Å². The van der Waals surface area contributed by atoms with Crippen molar-refractivity contribution in [3.63, 3.8) is 0 Å². The highest BCUT2D eigenvalue weighted by atomic mass is 35.5. The van der Waals surface area contributed by atoms with Gasteiger partial charge in [0.05, 0.1) is 0 Å². The Morgan fingerprint density at radius 3 is 2.37 bits per heavy atom. The number of unbranched alkanes of at least 4 members (excludes halogenated alkanes) is 1. The summed E-state index contributed by atoms with van der Waals surface area (Å²) in [6.07, 6.45) is 3.01. The Kier molecular flexibility index (Phi) is 11.3. The minimum atomic E-state index is -0.248. The quantitative estimate of drug-likeness (QED) is 0.441. The molecule has 162 valence electrons. The van der Waals surface area contributed by atoms with Gasteiger partial charge in [-0.25, -0.2) is 0 Å². The Hall–Kier alpha value is -2.28. The smallest absolute Gasteiger partial charge is 0.257 e. The zero-order chi connectivity index (χ0) is 21.2. The van der Waals surface area contributed by atoms with Gasteiger partial charge in [-0.3, -0.25) is 14.9 Å². The number of carbonyl (C=O) groups is 2. The Balaban J connectivity index is 0.00000450. The van der Waals surface area contributed by atoms with E-state index in [2.05, 4.69) is 15.5 Å². The van der Waals surface area contributed by atoms with Gasteiger partial charge in [-0.15, -0.1) is 12.4 Å². The monoisotopic (exact) mass is 447 g/mol. The number of nitrogens with zero attached hydrogens (tertiary/aromatic N) is 1. The minimum Gasteiger partial charge on any atom is -0.332 e. The van der Waals surface area contributed by atoms with Gasteiger partial charge in [-0.1, -0.05) is 29.8 Å². The zero-order valence-corrected chi connectivity index (χ0v) is 19.4. The zero-order valence-electron chi connectivity index (χ0n) is 17.7. The van der Waals surface area contributed by atoms with E-state index in [1.165, 1.54) is 0 Å². The highest BCUT2D eigenvalue weighted by Crippen LogP contribution is 2.12. The predicted octanol–water partition coefficient (Wildman–Crippen LogP) is 4.39. The third-order valence-corrected chi connectivity index (χ3v) is 4.64. The molecule has 30 heavy (non-hydrogen) atoms. The molecule has 0 heterocycles. The number of aryl methyl sites for hydroxylation is 1. The van der Waals surface area contributed by atoms with Gasteiger partial charge in [0.2, 0.25) is 0 Å². The Bertz CT molecular complexity index is 854. The van der Waals surface area contributed by atoms with Gasteiger partial charge in [-0.2, -0.15) is 0 Å². The molecule has 0 aliphatic heterocycles. The molecule has 0 aliphatic rings. The summed E-state index contributed by atoms with van der Waals surface area (Å²) in [4.78, 5) is 26.5. The number of nitrogens with one attached hydrogen (secondary N) is 2. The number of amides is 1. The van der Waals surface area contributed by atoms with Crippen LogP contribution in [0.15, 0.2) is 48.5 Å². The molecule has 0 saturated carbocycles. The molecule has 2 aromatic carbocycles. The summed E-state index contributed by atoms with van der Waals surface area (Å²) in [5.74, 6) is 0.00749. The number of anilines is 1. The fourth-order valence-corrected chi connectivity index (χ4v) is 3.11. The van der Waals surface area contributed by atoms with E-state index in [4.69, 9.17) is 12.2 Å². The van der Waals surface area contributed by atoms with Gasteiger partial charge >= 0.3 is 0 Å². The van der Waals surface area contributed by atoms with Crippen molar-refractivity contribution in [2.24, 2.45) is 0 Å². The fraction of sp³-hybridized carbons (Fsp3) is 0.348. The average molecular weight is 448 g/mol. The third kappa shape index (κ3) is 9.48. The van der Waals surface area contributed by atoms with Crippen LogP contribution in [0, 0.1) is 6.92 Å². The highest BCUT2D eigenvalue weighted by Gasteiger charge is 2.09. The van der Waals surface area contributed by atoms with Gasteiger partial charge in [0, 0.05) is 24.1 Å². The maximum Gasteiger partial charge on any atom is 0.257 e. The van der Waals surface area contributed by atoms with Crippen LogP contribution in [0.2, 0.25) is 0 Å². The highest BCUT2D eigenvalue weighted by molar-refractivity contribution is 7.80. The number of hydrogen-bond acceptors (Lipinski definition) is 4. The van der Waals surface area contributed by atoms with Gasteiger partial charge in [0.1, 0.15) is 5.78 Å². The standard InChI is InChI=1S/C23H29N3O2S.ClH/c1-17-7-6-8-19(15-17)22(28)25-23(29)24-20-12-10-18(11-13-20)16-21(27)9-4-5-14-26(2)3;/h6-8,10-13,15H,4-5,9,14,16H2,1-3H3,(H2,24,25,28,29);1H. The van der Waals surface area contributed by atoms with Crippen LogP contribution in [0.4, 0.5) is 5.69 Å². The molecule has 0 saturated heterocycles. The molecule has 0 aliphatic carbocycles. The Morgan fingerprint density at radius 1 is 1.03 bits per heavy atom. The second-order valence-corrected chi connectivity index (χ2v) is 7.86. The van der Waals surface area contributed by atoms with Crippen molar-refractivity contribution in [3.05, 3.63) is 65.2 Å². The molecule has 0 bridgehead atoms. The molecule has 2 N–H and O–H groups in total. The molecular formula is C23H30ClN3O2S. The van der Waals surface area contributed by atoms with E-state index < -0.39 is 0 Å². The summed E-state index contributed by atoms with van der Waals surface area (Å²) in [6, 6.07) is 14.9. The van der Waals surface area contributed by atoms with Crippen molar-refractivity contribution in [1.29, 1.82) is 0 Å². The molecule has 0 aromatic heterocycles. The minimum absolute atomic E-state index is 0. The molecular weight excluding hydrogens is 418 g/mol. The van der Waals surface area contributed by atoms with Crippen molar-refractivity contribution in [3.8, 4) is 0 Å². The second-order valence-electron chi connectivity index (χ2n) is 7.45. The lowest BCUT2D eigenvalue weighted by atomic mass is 10.0. The molecule has 2 rings (SSSR count). The summed E-state index contributed by atoms with van der Waals surface area (Å²) in [5.41, 5.74) is 3.32. The second kappa shape index (κ2) is 13.1. The lowest BCUT2D eigenvalue weighted by molar-refractivity contribution is -0.118. The Morgan fingerprint density at radius 2 is 1.73 bits per heavy atom. The summed E-state index contributed by atoms with van der Waals surface area (Å²) in [5, 5.41) is 5.92. The number of hydrogen-bond donors (Lipinski definition) is 2. The summed E-state index contributed by atoms with van der Waals surface area (Å²) in [6.45, 7) is 2.94. The molecule has 5 nitrogen and oxygen atoms in total. The first-order valence-corrected chi connectivity index (χ1v) is 10.2. The van der Waals surface area contributed by atoms with Crippen LogP contribution in [-0.2, 0) is 11.2 Å². The van der Waals surface area contributed by atoms with E-state index in [0.717, 1.165) is 36.2 Å². The lowest BCUT2D eigenvalue weighted by Gasteiger charge is -2.11. The van der Waals surface area contributed by atoms with E-state index in [9.17, 15) is 9.59 Å². The fourth-order valence-electron chi connectivity index (χ4n) is 2.90. The van der Waals surface area contributed by atoms with E-state index in [-0.39, 0.29) is 29.2 Å². The molecule has 0 fully saturated rings. The van der Waals surface area contributed by atoms with Gasteiger partial charge in [-0.05, 0) is 82.5 Å². The first kappa shape index (κ1) is 25.8. The molecule has 0 spiro atoms. The van der Waals surface area contributed by atoms with Crippen LogP contribution in [0.1, 0.15) is 40.7 Å². The van der Waals surface area contributed by atoms with Gasteiger partial charge in [0.15, 0.2) is 5.11 Å². The normalized spacial score (nSPS) is 10.3. The molecule has 7 heteroatoms. The summed E-state index contributed by atoms with van der Waals surface area (Å²) in [7, 11) is 4.08. The van der Waals surface area contributed by atoms with E-state index in [1.807, 2.05) is 63.5 Å². The Labute approximate surface area is 190 Å². The van der Waals surface area contributed by atoms with Crippen LogP contribution in [0.25, 0.3) is 0 Å². The SMILES string of the molecule is Cc1cccc(C(=O)NC(=S)Nc2ccc(CC(=O)CCCCN(C)C)cc2)c1.Cl. The summed E-state index contributed by atoms with van der Waals surface area (Å²) >= 11 is 5.22. The topological polar surface area (TPSA) is 61.4 Å². The van der Waals surface area contributed by atoms with E-state index >= 15 is 0 Å². The average Bonchev–Trinajstić information content (AvgIpc) is 2.66. The van der Waals surface area contributed by atoms with Crippen molar-refractivity contribution in [2.75, 3.05) is 26.0 Å². The van der Waals surface area contributed by atoms with Crippen LogP contribution >= 0.6 is 24.6 Å². The molecule has 2 aromatic rings. The molecule has 0 radical (unpaired) electrons. The number of Topliss-reactive ketones (excluding diaryl/α,β-unsaturated/α-hetero) is 1. The first-order chi connectivity index (χ1) is 13.8. The third-order valence-electron chi connectivity index (χ3n) is 4.43.